The molecular formula is C15H32N6. The summed E-state index contributed by atoms with van der Waals surface area (Å²) in [5, 5.41) is 4.35. The zero-order valence-electron chi connectivity index (χ0n) is 14.4. The van der Waals surface area contributed by atoms with E-state index in [1.54, 1.807) is 6.33 Å². The average Bonchev–Trinajstić information content (AvgIpc) is 2.85. The maximum atomic E-state index is 5.88. The van der Waals surface area contributed by atoms with Crippen LogP contribution in [0, 0.1) is 5.92 Å². The quantitative estimate of drug-likeness (QED) is 0.533. The highest BCUT2D eigenvalue weighted by Crippen LogP contribution is 2.27. The molecule has 3 N–H and O–H groups in total. The fourth-order valence-electron chi connectivity index (χ4n) is 3.22. The molecule has 0 saturated heterocycles. The first-order chi connectivity index (χ1) is 9.91. The number of nitrogens with one attached hydrogen (secondary N) is 1. The van der Waals surface area contributed by atoms with Gasteiger partial charge in [0.25, 0.3) is 0 Å². The first-order valence-electron chi connectivity index (χ1n) is 7.91. The van der Waals surface area contributed by atoms with Gasteiger partial charge < -0.3 is 4.90 Å². The van der Waals surface area contributed by atoms with Crippen molar-refractivity contribution >= 4 is 0 Å². The van der Waals surface area contributed by atoms with Gasteiger partial charge in [0.15, 0.2) is 0 Å². The lowest BCUT2D eigenvalue weighted by Gasteiger charge is -2.44. The van der Waals surface area contributed by atoms with Crippen LogP contribution in [0.2, 0.25) is 0 Å². The van der Waals surface area contributed by atoms with Crippen molar-refractivity contribution in [2.45, 2.75) is 65.1 Å². The van der Waals surface area contributed by atoms with Gasteiger partial charge in [0.2, 0.25) is 0 Å². The highest BCUT2D eigenvalue weighted by molar-refractivity contribution is 5.02. The second-order valence-corrected chi connectivity index (χ2v) is 6.38. The summed E-state index contributed by atoms with van der Waals surface area (Å²) < 4.78 is 2.00. The molecule has 1 aromatic heterocycles. The lowest BCUT2D eigenvalue weighted by molar-refractivity contribution is 0.0867. The maximum absolute atomic E-state index is 5.88. The summed E-state index contributed by atoms with van der Waals surface area (Å²) in [6.07, 6.45) is 4.48. The Bertz CT molecular complexity index is 408. The predicted molar refractivity (Wildman–Crippen MR) is 86.7 cm³/mol. The van der Waals surface area contributed by atoms with E-state index in [1.807, 2.05) is 4.68 Å². The molecule has 6 nitrogen and oxygen atoms in total. The van der Waals surface area contributed by atoms with E-state index in [4.69, 9.17) is 5.84 Å². The van der Waals surface area contributed by atoms with Crippen molar-refractivity contribution in [3.8, 4) is 0 Å². The molecule has 1 rings (SSSR count). The Kier molecular flexibility index (Phi) is 6.77. The number of hydrogen-bond donors (Lipinski definition) is 2. The van der Waals surface area contributed by atoms with Crippen LogP contribution in [0.15, 0.2) is 6.33 Å². The fraction of sp³-hybridized carbons (Fsp3) is 0.867. The average molecular weight is 296 g/mol. The van der Waals surface area contributed by atoms with Gasteiger partial charge in [0.1, 0.15) is 12.2 Å². The fourth-order valence-corrected chi connectivity index (χ4v) is 3.22. The highest BCUT2D eigenvalue weighted by Gasteiger charge is 2.38. The van der Waals surface area contributed by atoms with E-state index < -0.39 is 0 Å². The van der Waals surface area contributed by atoms with Crippen molar-refractivity contribution in [1.82, 2.24) is 25.1 Å². The SMILES string of the molecule is CCC(CC)(C(Cc1ncnn1CC(C)C)NN)N(C)C. The molecule has 0 amide bonds. The molecule has 0 radical (unpaired) electrons. The summed E-state index contributed by atoms with van der Waals surface area (Å²) in [4.78, 5) is 6.71. The second-order valence-electron chi connectivity index (χ2n) is 6.38. The number of aromatic nitrogens is 3. The van der Waals surface area contributed by atoms with Crippen LogP contribution in [0.3, 0.4) is 0 Å². The van der Waals surface area contributed by atoms with Crippen molar-refractivity contribution in [3.63, 3.8) is 0 Å². The molecule has 6 heteroatoms. The molecule has 0 bridgehead atoms. The van der Waals surface area contributed by atoms with Crippen molar-refractivity contribution in [2.75, 3.05) is 14.1 Å². The normalized spacial score (nSPS) is 14.1. The van der Waals surface area contributed by atoms with Gasteiger partial charge in [-0.2, -0.15) is 5.10 Å². The van der Waals surface area contributed by atoms with Crippen LogP contribution in [0.4, 0.5) is 0 Å². The molecule has 0 fully saturated rings. The van der Waals surface area contributed by atoms with E-state index in [0.717, 1.165) is 31.6 Å². The number of rotatable bonds is 9. The summed E-state index contributed by atoms with van der Waals surface area (Å²) >= 11 is 0. The van der Waals surface area contributed by atoms with Gasteiger partial charge in [-0.1, -0.05) is 27.7 Å². The molecule has 0 aromatic carbocycles. The van der Waals surface area contributed by atoms with Crippen molar-refractivity contribution < 1.29 is 0 Å². The Balaban J connectivity index is 2.99. The van der Waals surface area contributed by atoms with Gasteiger partial charge >= 0.3 is 0 Å². The molecule has 0 saturated carbocycles. The van der Waals surface area contributed by atoms with Gasteiger partial charge in [-0.25, -0.2) is 9.67 Å². The van der Waals surface area contributed by atoms with Crippen LogP contribution < -0.4 is 11.3 Å². The van der Waals surface area contributed by atoms with E-state index >= 15 is 0 Å². The van der Waals surface area contributed by atoms with E-state index in [1.165, 1.54) is 0 Å². The Morgan fingerprint density at radius 3 is 2.38 bits per heavy atom. The molecule has 122 valence electrons. The molecule has 0 aliphatic heterocycles. The largest absolute Gasteiger partial charge is 0.302 e. The van der Waals surface area contributed by atoms with Crippen LogP contribution in [-0.4, -0.2) is 45.3 Å². The lowest BCUT2D eigenvalue weighted by atomic mass is 9.81. The van der Waals surface area contributed by atoms with Crippen molar-refractivity contribution in [1.29, 1.82) is 0 Å². The van der Waals surface area contributed by atoms with Crippen LogP contribution in [0.5, 0.6) is 0 Å². The molecular weight excluding hydrogens is 264 g/mol. The Morgan fingerprint density at radius 1 is 1.33 bits per heavy atom. The number of likely N-dealkylation sites (N-methyl/N-ethyl adjacent to an activating group) is 1. The summed E-state index contributed by atoms with van der Waals surface area (Å²) in [5.41, 5.74) is 3.04. The van der Waals surface area contributed by atoms with Crippen LogP contribution in [0.25, 0.3) is 0 Å². The third kappa shape index (κ3) is 4.02. The van der Waals surface area contributed by atoms with E-state index in [-0.39, 0.29) is 11.6 Å². The topological polar surface area (TPSA) is 72.0 Å². The molecule has 1 heterocycles. The number of hydrazine groups is 1. The molecule has 0 aliphatic carbocycles. The Labute approximate surface area is 129 Å². The molecule has 21 heavy (non-hydrogen) atoms. The summed E-state index contributed by atoms with van der Waals surface area (Å²) in [6, 6.07) is 0.137. The monoisotopic (exact) mass is 296 g/mol. The lowest BCUT2D eigenvalue weighted by Crippen LogP contribution is -2.61. The minimum atomic E-state index is 0.0172. The van der Waals surface area contributed by atoms with Gasteiger partial charge in [-0.3, -0.25) is 11.3 Å². The maximum Gasteiger partial charge on any atom is 0.138 e. The molecule has 1 unspecified atom stereocenters. The molecule has 0 aliphatic rings. The zero-order valence-corrected chi connectivity index (χ0v) is 14.4. The van der Waals surface area contributed by atoms with Crippen molar-refractivity contribution in [3.05, 3.63) is 12.2 Å². The third-order valence-corrected chi connectivity index (χ3v) is 4.59. The number of nitrogens with zero attached hydrogens (tertiary/aromatic N) is 4. The minimum absolute atomic E-state index is 0.0172. The van der Waals surface area contributed by atoms with Crippen LogP contribution in [-0.2, 0) is 13.0 Å². The molecule has 1 aromatic rings. The van der Waals surface area contributed by atoms with Crippen LogP contribution >= 0.6 is 0 Å². The molecule has 1 atom stereocenters. The minimum Gasteiger partial charge on any atom is -0.302 e. The summed E-state index contributed by atoms with van der Waals surface area (Å²) in [7, 11) is 4.24. The van der Waals surface area contributed by atoms with Crippen LogP contribution in [0.1, 0.15) is 46.4 Å². The second kappa shape index (κ2) is 7.87. The first-order valence-corrected chi connectivity index (χ1v) is 7.91. The standard InChI is InChI=1S/C15H32N6/c1-7-15(8-2,20(5)6)13(19-16)9-14-17-11-18-21(14)10-12(3)4/h11-13,19H,7-10,16H2,1-6H3. The third-order valence-electron chi connectivity index (χ3n) is 4.59. The molecule has 0 spiro atoms. The van der Waals surface area contributed by atoms with Gasteiger partial charge in [-0.15, -0.1) is 0 Å². The predicted octanol–water partition coefficient (Wildman–Crippen LogP) is 1.43. The highest BCUT2D eigenvalue weighted by atomic mass is 15.3. The smallest absolute Gasteiger partial charge is 0.138 e. The Hall–Kier alpha value is -0.980. The van der Waals surface area contributed by atoms with Gasteiger partial charge in [-0.05, 0) is 32.9 Å². The number of nitrogens with two attached hydrogens (primary N) is 1. The Morgan fingerprint density at radius 2 is 1.95 bits per heavy atom. The zero-order chi connectivity index (χ0) is 16.0. The van der Waals surface area contributed by atoms with Crippen molar-refractivity contribution in [2.24, 2.45) is 11.8 Å². The van der Waals surface area contributed by atoms with E-state index in [0.29, 0.717) is 5.92 Å². The first kappa shape index (κ1) is 18.1. The number of hydrogen-bond acceptors (Lipinski definition) is 5. The van der Waals surface area contributed by atoms with E-state index in [9.17, 15) is 0 Å². The van der Waals surface area contributed by atoms with Gasteiger partial charge in [0, 0.05) is 24.5 Å². The summed E-state index contributed by atoms with van der Waals surface area (Å²) in [5.74, 6) is 7.43. The summed E-state index contributed by atoms with van der Waals surface area (Å²) in [6.45, 7) is 9.69. The van der Waals surface area contributed by atoms with Gasteiger partial charge in [0.05, 0.1) is 0 Å². The van der Waals surface area contributed by atoms with E-state index in [2.05, 4.69) is 62.2 Å².